The highest BCUT2D eigenvalue weighted by atomic mass is 16.6. The molecule has 30 heavy (non-hydrogen) atoms. The summed E-state index contributed by atoms with van der Waals surface area (Å²) in [4.78, 5) is 21.9. The molecule has 0 saturated heterocycles. The van der Waals surface area contributed by atoms with Gasteiger partial charge in [-0.15, -0.1) is 0 Å². The van der Waals surface area contributed by atoms with E-state index in [0.717, 1.165) is 12.8 Å². The van der Waals surface area contributed by atoms with Crippen molar-refractivity contribution in [2.45, 2.75) is 51.6 Å². The summed E-state index contributed by atoms with van der Waals surface area (Å²) in [7, 11) is 2.73. The summed E-state index contributed by atoms with van der Waals surface area (Å²) >= 11 is 0. The van der Waals surface area contributed by atoms with Crippen LogP contribution in [0.1, 0.15) is 51.0 Å². The van der Waals surface area contributed by atoms with Gasteiger partial charge >= 0.3 is 11.9 Å². The molecular formula is C22H34O8. The van der Waals surface area contributed by atoms with Gasteiger partial charge in [0.25, 0.3) is 0 Å². The van der Waals surface area contributed by atoms with Gasteiger partial charge in [0.2, 0.25) is 5.76 Å². The number of aliphatic carboxylic acids is 1. The van der Waals surface area contributed by atoms with Crippen LogP contribution >= 0.6 is 0 Å². The second kappa shape index (κ2) is 17.3. The standard InChI is InChI=1S/C14H18O6.C8H16O2/c1-18-12(10-6-4-3-5-7-10)13(19-2)14(17)20-9-11(16)8-15;1-2-3-4-5-6-7-8(9)10/h3-7,11,15-16H,8-9H2,1-2H3;2-7H2,1H3,(H,9,10). The van der Waals surface area contributed by atoms with Gasteiger partial charge in [-0.05, 0) is 6.42 Å². The van der Waals surface area contributed by atoms with Crippen LogP contribution in [0, 0.1) is 0 Å². The molecule has 0 heterocycles. The molecule has 0 amide bonds. The Morgan fingerprint density at radius 1 is 1.00 bits per heavy atom. The summed E-state index contributed by atoms with van der Waals surface area (Å²) in [6.45, 7) is 1.33. The van der Waals surface area contributed by atoms with Crippen LogP contribution in [0.3, 0.4) is 0 Å². The predicted octanol–water partition coefficient (Wildman–Crippen LogP) is 2.98. The lowest BCUT2D eigenvalue weighted by molar-refractivity contribution is -0.146. The van der Waals surface area contributed by atoms with E-state index in [2.05, 4.69) is 6.92 Å². The fraction of sp³-hybridized carbons (Fsp3) is 0.545. The molecule has 0 aliphatic heterocycles. The van der Waals surface area contributed by atoms with Gasteiger partial charge in [-0.25, -0.2) is 4.79 Å². The molecule has 8 nitrogen and oxygen atoms in total. The highest BCUT2D eigenvalue weighted by Crippen LogP contribution is 2.20. The van der Waals surface area contributed by atoms with Crippen LogP contribution in [0.2, 0.25) is 0 Å². The number of carbonyl (C=O) groups excluding carboxylic acids is 1. The van der Waals surface area contributed by atoms with Gasteiger partial charge in [0.05, 0.1) is 20.8 Å². The Morgan fingerprint density at radius 2 is 1.63 bits per heavy atom. The molecule has 1 atom stereocenters. The van der Waals surface area contributed by atoms with Gasteiger partial charge in [-0.2, -0.15) is 0 Å². The minimum atomic E-state index is -1.13. The molecule has 170 valence electrons. The van der Waals surface area contributed by atoms with Gasteiger partial charge < -0.3 is 29.5 Å². The number of carboxylic acid groups (broad SMARTS) is 1. The number of carbonyl (C=O) groups is 2. The molecule has 0 bridgehead atoms. The maximum atomic E-state index is 11.9. The Kier molecular flexibility index (Phi) is 15.8. The van der Waals surface area contributed by atoms with E-state index in [1.54, 1.807) is 24.3 Å². The van der Waals surface area contributed by atoms with Crippen LogP contribution in [-0.2, 0) is 23.8 Å². The van der Waals surface area contributed by atoms with Crippen LogP contribution in [0.5, 0.6) is 0 Å². The van der Waals surface area contributed by atoms with E-state index in [4.69, 9.17) is 29.5 Å². The molecule has 0 saturated carbocycles. The first-order chi connectivity index (χ1) is 14.4. The van der Waals surface area contributed by atoms with E-state index in [1.165, 1.54) is 33.5 Å². The van der Waals surface area contributed by atoms with Gasteiger partial charge in [-0.1, -0.05) is 62.9 Å². The minimum Gasteiger partial charge on any atom is -0.492 e. The quantitative estimate of drug-likeness (QED) is 0.190. The SMILES string of the molecule is CCCCCCCC(=O)O.COC(C(=O)OCC(O)CO)=C(OC)c1ccccc1. The zero-order chi connectivity index (χ0) is 22.8. The molecule has 0 aromatic heterocycles. The first-order valence-electron chi connectivity index (χ1n) is 9.96. The van der Waals surface area contributed by atoms with Crippen molar-refractivity contribution in [3.63, 3.8) is 0 Å². The molecule has 1 unspecified atom stereocenters. The third kappa shape index (κ3) is 12.1. The first-order valence-corrected chi connectivity index (χ1v) is 9.96. The molecule has 8 heteroatoms. The lowest BCUT2D eigenvalue weighted by atomic mass is 10.1. The Balaban J connectivity index is 0.000000710. The number of rotatable bonds is 13. The fourth-order valence-electron chi connectivity index (χ4n) is 2.37. The van der Waals surface area contributed by atoms with Crippen LogP contribution < -0.4 is 0 Å². The molecule has 0 radical (unpaired) electrons. The van der Waals surface area contributed by atoms with E-state index >= 15 is 0 Å². The van der Waals surface area contributed by atoms with Crippen LogP contribution in [0.25, 0.3) is 5.76 Å². The number of unbranched alkanes of at least 4 members (excludes halogenated alkanes) is 4. The van der Waals surface area contributed by atoms with Gasteiger partial charge in [0.1, 0.15) is 12.7 Å². The highest BCUT2D eigenvalue weighted by Gasteiger charge is 2.21. The molecule has 0 fully saturated rings. The molecule has 0 aliphatic carbocycles. The predicted molar refractivity (Wildman–Crippen MR) is 112 cm³/mol. The van der Waals surface area contributed by atoms with Crippen LogP contribution in [0.4, 0.5) is 0 Å². The fourth-order valence-corrected chi connectivity index (χ4v) is 2.37. The monoisotopic (exact) mass is 426 g/mol. The van der Waals surface area contributed by atoms with E-state index < -0.39 is 24.6 Å². The van der Waals surface area contributed by atoms with E-state index in [-0.39, 0.29) is 18.1 Å². The summed E-state index contributed by atoms with van der Waals surface area (Å²) in [5.41, 5.74) is 0.659. The number of hydrogen-bond acceptors (Lipinski definition) is 7. The number of esters is 1. The molecular weight excluding hydrogens is 392 g/mol. The molecule has 1 aromatic rings. The van der Waals surface area contributed by atoms with E-state index in [0.29, 0.717) is 12.0 Å². The Bertz CT molecular complexity index is 627. The number of ether oxygens (including phenoxy) is 3. The van der Waals surface area contributed by atoms with Gasteiger partial charge in [0, 0.05) is 12.0 Å². The minimum absolute atomic E-state index is 0.108. The van der Waals surface area contributed by atoms with Gasteiger partial charge in [-0.3, -0.25) is 4.79 Å². The number of aliphatic hydroxyl groups excluding tert-OH is 2. The number of aliphatic hydroxyl groups is 2. The maximum absolute atomic E-state index is 11.9. The highest BCUT2D eigenvalue weighted by molar-refractivity contribution is 5.94. The topological polar surface area (TPSA) is 123 Å². The number of carboxylic acids is 1. The summed E-state index contributed by atoms with van der Waals surface area (Å²) < 4.78 is 15.0. The molecule has 3 N–H and O–H groups in total. The third-order valence-electron chi connectivity index (χ3n) is 3.95. The van der Waals surface area contributed by atoms with Crippen molar-refractivity contribution in [1.29, 1.82) is 0 Å². The smallest absolute Gasteiger partial charge is 0.377 e. The number of benzene rings is 1. The summed E-state index contributed by atoms with van der Waals surface area (Å²) in [6.07, 6.45) is 4.76. The van der Waals surface area contributed by atoms with Crippen molar-refractivity contribution >= 4 is 17.7 Å². The summed E-state index contributed by atoms with van der Waals surface area (Å²) in [5.74, 6) is -1.32. The van der Waals surface area contributed by atoms with Crippen molar-refractivity contribution in [3.8, 4) is 0 Å². The lowest BCUT2D eigenvalue weighted by Gasteiger charge is -2.14. The van der Waals surface area contributed by atoms with Crippen molar-refractivity contribution in [3.05, 3.63) is 41.7 Å². The molecule has 1 aromatic carbocycles. The van der Waals surface area contributed by atoms with Crippen molar-refractivity contribution in [2.75, 3.05) is 27.4 Å². The Labute approximate surface area is 178 Å². The largest absolute Gasteiger partial charge is 0.492 e. The third-order valence-corrected chi connectivity index (χ3v) is 3.95. The average molecular weight is 427 g/mol. The zero-order valence-electron chi connectivity index (χ0n) is 18.0. The van der Waals surface area contributed by atoms with Crippen molar-refractivity contribution < 1.29 is 39.1 Å². The zero-order valence-corrected chi connectivity index (χ0v) is 18.0. The molecule has 0 aliphatic rings. The molecule has 0 spiro atoms. The summed E-state index contributed by atoms with van der Waals surface area (Å²) in [5, 5.41) is 26.1. The van der Waals surface area contributed by atoms with Crippen LogP contribution in [0.15, 0.2) is 36.1 Å². The number of methoxy groups -OCH3 is 2. The summed E-state index contributed by atoms with van der Waals surface area (Å²) in [6, 6.07) is 8.94. The maximum Gasteiger partial charge on any atom is 0.377 e. The second-order valence-electron chi connectivity index (χ2n) is 6.43. The van der Waals surface area contributed by atoms with Crippen molar-refractivity contribution in [2.24, 2.45) is 0 Å². The van der Waals surface area contributed by atoms with E-state index in [9.17, 15) is 9.59 Å². The average Bonchev–Trinajstić information content (AvgIpc) is 2.76. The van der Waals surface area contributed by atoms with Crippen LogP contribution in [-0.4, -0.2) is 60.8 Å². The van der Waals surface area contributed by atoms with E-state index in [1.807, 2.05) is 6.07 Å². The first kappa shape index (κ1) is 27.4. The second-order valence-corrected chi connectivity index (χ2v) is 6.43. The Morgan fingerprint density at radius 3 is 2.13 bits per heavy atom. The van der Waals surface area contributed by atoms with Gasteiger partial charge in [0.15, 0.2) is 5.76 Å². The molecule has 1 rings (SSSR count). The normalized spacial score (nSPS) is 12.0. The Hall–Kier alpha value is -2.58. The number of hydrogen-bond donors (Lipinski definition) is 3. The van der Waals surface area contributed by atoms with Crippen molar-refractivity contribution in [1.82, 2.24) is 0 Å². The lowest BCUT2D eigenvalue weighted by Crippen LogP contribution is -2.23.